The zero-order chi connectivity index (χ0) is 14.7. The molecule has 0 nitrogen and oxygen atoms in total. The normalized spacial score (nSPS) is 10.2. The van der Waals surface area contributed by atoms with E-state index in [9.17, 15) is 0 Å². The fraction of sp³-hybridized carbons (Fsp3) is 0.0526. The van der Waals surface area contributed by atoms with Gasteiger partial charge in [-0.25, -0.2) is 0 Å². The number of benzene rings is 3. The summed E-state index contributed by atoms with van der Waals surface area (Å²) in [5, 5.41) is 2.55. The second-order valence-electron chi connectivity index (χ2n) is 4.79. The summed E-state index contributed by atoms with van der Waals surface area (Å²) in [6.07, 6.45) is 0. The predicted octanol–water partition coefficient (Wildman–Crippen LogP) is 4.25. The molecule has 0 spiro atoms. The van der Waals surface area contributed by atoms with Crippen LogP contribution in [0, 0.1) is 17.7 Å². The van der Waals surface area contributed by atoms with Gasteiger partial charge in [0.25, 0.3) is 0 Å². The van der Waals surface area contributed by atoms with Crippen LogP contribution in [0.2, 0.25) is 0 Å². The van der Waals surface area contributed by atoms with Crippen molar-refractivity contribution in [3.63, 3.8) is 0 Å². The summed E-state index contributed by atoms with van der Waals surface area (Å²) >= 11 is 3.80. The second kappa shape index (κ2) is 6.50. The van der Waals surface area contributed by atoms with E-state index in [4.69, 9.17) is 0 Å². The van der Waals surface area contributed by atoms with Crippen molar-refractivity contribution in [2.24, 2.45) is 0 Å². The van der Waals surface area contributed by atoms with Crippen molar-refractivity contribution >= 4 is 46.1 Å². The van der Waals surface area contributed by atoms with E-state index in [0.717, 1.165) is 10.0 Å². The Bertz CT molecular complexity index is 834. The fourth-order valence-electron chi connectivity index (χ4n) is 2.12. The topological polar surface area (TPSA) is 0 Å². The molecule has 0 saturated carbocycles. The Morgan fingerprint density at radius 1 is 0.905 bits per heavy atom. The molecule has 0 heterocycles. The molecule has 0 saturated heterocycles. The van der Waals surface area contributed by atoms with Gasteiger partial charge in [0.2, 0.25) is 0 Å². The van der Waals surface area contributed by atoms with Crippen LogP contribution in [0.4, 0.5) is 0 Å². The van der Waals surface area contributed by atoms with E-state index in [1.165, 1.54) is 20.8 Å². The van der Waals surface area contributed by atoms with Gasteiger partial charge in [-0.05, 0) is 0 Å². The zero-order valence-corrected chi connectivity index (χ0v) is 14.9. The molecule has 0 aromatic heterocycles. The second-order valence-corrected chi connectivity index (χ2v) is 7.42. The van der Waals surface area contributed by atoms with Gasteiger partial charge in [-0.2, -0.15) is 0 Å². The van der Waals surface area contributed by atoms with E-state index < -0.39 is 0 Å². The molecule has 3 rings (SSSR count). The molecular weight excluding hydrogens is 387 g/mol. The molecule has 0 radical (unpaired) electrons. The minimum atomic E-state index is 0.147. The van der Waals surface area contributed by atoms with E-state index in [1.54, 1.807) is 0 Å². The molecule has 2 heteroatoms. The first-order chi connectivity index (χ1) is 10.2. The Morgan fingerprint density at radius 3 is 2.38 bits per heavy atom. The number of hydrogen-bond donors (Lipinski definition) is 0. The maximum absolute atomic E-state index is 3.65. The number of fused-ring (bicyclic) bond motifs is 1. The summed E-state index contributed by atoms with van der Waals surface area (Å²) < 4.78 is 2.47. The molecule has 0 atom stereocenters. The van der Waals surface area contributed by atoms with Crippen LogP contribution < -0.4 is 4.46 Å². The summed E-state index contributed by atoms with van der Waals surface area (Å²) in [5.74, 6) is 3.27. The average molecular weight is 400 g/mol. The Kier molecular flexibility index (Phi) is 4.46. The van der Waals surface area contributed by atoms with E-state index in [0.29, 0.717) is 0 Å². The summed E-state index contributed by atoms with van der Waals surface area (Å²) in [4.78, 5) is 3.35. The van der Waals surface area contributed by atoms with Crippen molar-refractivity contribution in [3.8, 4) is 10.7 Å². The van der Waals surface area contributed by atoms with Gasteiger partial charge in [0.05, 0.1) is 0 Å². The summed E-state index contributed by atoms with van der Waals surface area (Å²) in [6.45, 7) is 2.09. The van der Waals surface area contributed by atoms with Crippen molar-refractivity contribution < 1.29 is 0 Å². The summed E-state index contributed by atoms with van der Waals surface area (Å²) in [7, 11) is 0. The molecule has 0 aliphatic heterocycles. The monoisotopic (exact) mass is 400 g/mol. The number of rotatable bonds is 1. The standard InChI is InChI=1S/C19H13BrSe/c1-14-8-10-15(11-9-14)12-13-21-18-7-3-5-16-4-2-6-17(20)19(16)18/h2-11H,1H3. The van der Waals surface area contributed by atoms with Crippen LogP contribution in [0.15, 0.2) is 65.1 Å². The number of halogens is 1. The predicted molar refractivity (Wildman–Crippen MR) is 95.1 cm³/mol. The summed E-state index contributed by atoms with van der Waals surface area (Å²) in [5.41, 5.74) is 2.35. The van der Waals surface area contributed by atoms with E-state index >= 15 is 0 Å². The van der Waals surface area contributed by atoms with Gasteiger partial charge >= 0.3 is 140 Å². The number of aryl methyl sites for hydroxylation is 1. The fourth-order valence-corrected chi connectivity index (χ4v) is 4.60. The summed E-state index contributed by atoms with van der Waals surface area (Å²) in [6, 6.07) is 21.1. The SMILES string of the molecule is Cc1ccc(C#C[Se]c2cccc3cccc(Br)c23)cc1. The van der Waals surface area contributed by atoms with E-state index in [2.05, 4.69) is 94.3 Å². The molecule has 0 bridgehead atoms. The van der Waals surface area contributed by atoms with Crippen molar-refractivity contribution in [2.75, 3.05) is 0 Å². The molecule has 0 N–H and O–H groups in total. The third-order valence-corrected chi connectivity index (χ3v) is 5.49. The van der Waals surface area contributed by atoms with Crippen molar-refractivity contribution in [3.05, 3.63) is 76.3 Å². The van der Waals surface area contributed by atoms with Crippen LogP contribution in [-0.2, 0) is 0 Å². The molecule has 0 fully saturated rings. The molecule has 0 aliphatic carbocycles. The molecule has 0 aliphatic rings. The van der Waals surface area contributed by atoms with Crippen LogP contribution >= 0.6 is 15.9 Å². The Labute approximate surface area is 139 Å². The first-order valence-electron chi connectivity index (χ1n) is 6.66. The van der Waals surface area contributed by atoms with Gasteiger partial charge in [0.15, 0.2) is 0 Å². The Hall–Kier alpha value is -1.52. The van der Waals surface area contributed by atoms with Crippen LogP contribution in [0.5, 0.6) is 0 Å². The molecule has 3 aromatic carbocycles. The first kappa shape index (κ1) is 14.4. The Balaban J connectivity index is 1.91. The third kappa shape index (κ3) is 3.39. The molecule has 21 heavy (non-hydrogen) atoms. The van der Waals surface area contributed by atoms with E-state index in [-0.39, 0.29) is 15.0 Å². The molecule has 0 amide bonds. The van der Waals surface area contributed by atoms with Crippen LogP contribution in [0.25, 0.3) is 10.8 Å². The third-order valence-electron chi connectivity index (χ3n) is 3.22. The van der Waals surface area contributed by atoms with Gasteiger partial charge in [0.1, 0.15) is 0 Å². The van der Waals surface area contributed by atoms with Gasteiger partial charge in [-0.1, -0.05) is 0 Å². The van der Waals surface area contributed by atoms with Gasteiger partial charge in [0, 0.05) is 0 Å². The zero-order valence-electron chi connectivity index (χ0n) is 11.6. The molecule has 0 unspecified atom stereocenters. The van der Waals surface area contributed by atoms with Crippen molar-refractivity contribution in [2.45, 2.75) is 6.92 Å². The van der Waals surface area contributed by atoms with Gasteiger partial charge in [-0.15, -0.1) is 0 Å². The van der Waals surface area contributed by atoms with E-state index in [1.807, 2.05) is 0 Å². The van der Waals surface area contributed by atoms with Crippen LogP contribution in [-0.4, -0.2) is 15.0 Å². The van der Waals surface area contributed by atoms with Crippen molar-refractivity contribution in [1.29, 1.82) is 0 Å². The molecular formula is C19H13BrSe. The van der Waals surface area contributed by atoms with Crippen LogP contribution in [0.3, 0.4) is 0 Å². The molecule has 3 aromatic rings. The quantitative estimate of drug-likeness (QED) is 0.423. The maximum atomic E-state index is 3.65. The van der Waals surface area contributed by atoms with Crippen molar-refractivity contribution in [1.82, 2.24) is 0 Å². The minimum absolute atomic E-state index is 0.147. The molecule has 102 valence electrons. The Morgan fingerprint density at radius 2 is 1.62 bits per heavy atom. The first-order valence-corrected chi connectivity index (χ1v) is 9.16. The van der Waals surface area contributed by atoms with Gasteiger partial charge in [-0.3, -0.25) is 0 Å². The van der Waals surface area contributed by atoms with Gasteiger partial charge < -0.3 is 0 Å². The number of hydrogen-bond acceptors (Lipinski definition) is 0. The van der Waals surface area contributed by atoms with Crippen LogP contribution in [0.1, 0.15) is 11.1 Å². The average Bonchev–Trinajstić information content (AvgIpc) is 2.50.